The standard InChI is InChI=1S/C15H9BrF2N2S/c16-9-1-4-11(5-2-9)19-15-20-14(8-21-15)12-6-3-10(17)7-13(12)18/h1-8H,(H,19,20). The van der Waals surface area contributed by atoms with Gasteiger partial charge in [-0.1, -0.05) is 15.9 Å². The molecule has 2 aromatic carbocycles. The average molecular weight is 367 g/mol. The number of rotatable bonds is 3. The fraction of sp³-hybridized carbons (Fsp3) is 0. The van der Waals surface area contributed by atoms with E-state index in [0.717, 1.165) is 16.2 Å². The van der Waals surface area contributed by atoms with Crippen LogP contribution < -0.4 is 5.32 Å². The van der Waals surface area contributed by atoms with Gasteiger partial charge in [0, 0.05) is 27.2 Å². The lowest BCUT2D eigenvalue weighted by Gasteiger charge is -2.02. The third-order valence-corrected chi connectivity index (χ3v) is 4.09. The number of hydrogen-bond donors (Lipinski definition) is 1. The van der Waals surface area contributed by atoms with E-state index < -0.39 is 11.6 Å². The van der Waals surface area contributed by atoms with Gasteiger partial charge in [-0.2, -0.15) is 0 Å². The first-order valence-electron chi connectivity index (χ1n) is 6.05. The van der Waals surface area contributed by atoms with Crippen LogP contribution in [-0.4, -0.2) is 4.98 Å². The lowest BCUT2D eigenvalue weighted by atomic mass is 10.1. The summed E-state index contributed by atoms with van der Waals surface area (Å²) in [4.78, 5) is 4.32. The molecule has 0 saturated heterocycles. The van der Waals surface area contributed by atoms with Crippen LogP contribution in [0.3, 0.4) is 0 Å². The second-order valence-corrected chi connectivity index (χ2v) is 6.07. The van der Waals surface area contributed by atoms with Gasteiger partial charge >= 0.3 is 0 Å². The molecule has 3 aromatic rings. The predicted molar refractivity (Wildman–Crippen MR) is 84.9 cm³/mol. The Morgan fingerprint density at radius 2 is 1.81 bits per heavy atom. The second-order valence-electron chi connectivity index (χ2n) is 4.29. The van der Waals surface area contributed by atoms with Crippen LogP contribution in [0.4, 0.5) is 19.6 Å². The summed E-state index contributed by atoms with van der Waals surface area (Å²) in [6, 6.07) is 11.1. The van der Waals surface area contributed by atoms with E-state index in [4.69, 9.17) is 0 Å². The zero-order valence-electron chi connectivity index (χ0n) is 10.6. The highest BCUT2D eigenvalue weighted by Gasteiger charge is 2.10. The highest BCUT2D eigenvalue weighted by molar-refractivity contribution is 9.10. The molecule has 0 spiro atoms. The molecule has 0 aliphatic carbocycles. The first-order valence-corrected chi connectivity index (χ1v) is 7.72. The zero-order chi connectivity index (χ0) is 14.8. The zero-order valence-corrected chi connectivity index (χ0v) is 13.0. The second kappa shape index (κ2) is 5.91. The molecule has 0 amide bonds. The van der Waals surface area contributed by atoms with Crippen molar-refractivity contribution in [2.45, 2.75) is 0 Å². The highest BCUT2D eigenvalue weighted by atomic mass is 79.9. The van der Waals surface area contributed by atoms with Gasteiger partial charge in [-0.05, 0) is 36.4 Å². The van der Waals surface area contributed by atoms with Crippen LogP contribution in [0.15, 0.2) is 52.3 Å². The Bertz CT molecular complexity index is 772. The van der Waals surface area contributed by atoms with E-state index in [9.17, 15) is 8.78 Å². The van der Waals surface area contributed by atoms with Crippen molar-refractivity contribution in [2.24, 2.45) is 0 Å². The van der Waals surface area contributed by atoms with Gasteiger partial charge in [-0.3, -0.25) is 0 Å². The quantitative estimate of drug-likeness (QED) is 0.652. The Hall–Kier alpha value is -1.79. The Morgan fingerprint density at radius 1 is 1.05 bits per heavy atom. The van der Waals surface area contributed by atoms with Crippen LogP contribution in [0.2, 0.25) is 0 Å². The van der Waals surface area contributed by atoms with E-state index in [0.29, 0.717) is 10.8 Å². The maximum absolute atomic E-state index is 13.7. The van der Waals surface area contributed by atoms with Crippen molar-refractivity contribution in [2.75, 3.05) is 5.32 Å². The average Bonchev–Trinajstić information content (AvgIpc) is 2.90. The van der Waals surface area contributed by atoms with Crippen molar-refractivity contribution in [1.82, 2.24) is 4.98 Å². The lowest BCUT2D eigenvalue weighted by molar-refractivity contribution is 0.585. The molecule has 1 heterocycles. The van der Waals surface area contributed by atoms with Crippen LogP contribution in [0.25, 0.3) is 11.3 Å². The number of nitrogens with zero attached hydrogens (tertiary/aromatic N) is 1. The monoisotopic (exact) mass is 366 g/mol. The smallest absolute Gasteiger partial charge is 0.187 e. The maximum Gasteiger partial charge on any atom is 0.187 e. The van der Waals surface area contributed by atoms with Crippen molar-refractivity contribution < 1.29 is 8.78 Å². The van der Waals surface area contributed by atoms with Gasteiger partial charge in [0.1, 0.15) is 11.6 Å². The molecule has 106 valence electrons. The fourth-order valence-electron chi connectivity index (χ4n) is 1.81. The summed E-state index contributed by atoms with van der Waals surface area (Å²) in [5.74, 6) is -1.21. The van der Waals surface area contributed by atoms with E-state index in [1.54, 1.807) is 5.38 Å². The number of benzene rings is 2. The summed E-state index contributed by atoms with van der Waals surface area (Å²) in [6.07, 6.45) is 0. The Balaban J connectivity index is 1.84. The van der Waals surface area contributed by atoms with Crippen molar-refractivity contribution in [3.63, 3.8) is 0 Å². The number of hydrogen-bond acceptors (Lipinski definition) is 3. The first-order chi connectivity index (χ1) is 10.1. The van der Waals surface area contributed by atoms with Gasteiger partial charge < -0.3 is 5.32 Å². The molecule has 3 rings (SSSR count). The number of nitrogens with one attached hydrogen (secondary N) is 1. The largest absolute Gasteiger partial charge is 0.332 e. The fourth-order valence-corrected chi connectivity index (χ4v) is 2.80. The van der Waals surface area contributed by atoms with Gasteiger partial charge in [0.2, 0.25) is 0 Å². The van der Waals surface area contributed by atoms with E-state index >= 15 is 0 Å². The minimum Gasteiger partial charge on any atom is -0.332 e. The molecule has 0 aliphatic heterocycles. The highest BCUT2D eigenvalue weighted by Crippen LogP contribution is 2.29. The van der Waals surface area contributed by atoms with E-state index in [1.807, 2.05) is 24.3 Å². The lowest BCUT2D eigenvalue weighted by Crippen LogP contribution is -1.90. The summed E-state index contributed by atoms with van der Waals surface area (Å²) in [5, 5.41) is 5.52. The van der Waals surface area contributed by atoms with Gasteiger partial charge in [0.25, 0.3) is 0 Å². The summed E-state index contributed by atoms with van der Waals surface area (Å²) >= 11 is 4.73. The SMILES string of the molecule is Fc1ccc(-c2csc(Nc3ccc(Br)cc3)n2)c(F)c1. The van der Waals surface area contributed by atoms with Gasteiger partial charge in [0.05, 0.1) is 5.69 Å². The molecule has 6 heteroatoms. The van der Waals surface area contributed by atoms with Crippen molar-refractivity contribution in [1.29, 1.82) is 0 Å². The predicted octanol–water partition coefficient (Wildman–Crippen LogP) is 5.59. The molecule has 0 unspecified atom stereocenters. The van der Waals surface area contributed by atoms with E-state index in [2.05, 4.69) is 26.2 Å². The van der Waals surface area contributed by atoms with Gasteiger partial charge in [-0.15, -0.1) is 11.3 Å². The minimum absolute atomic E-state index is 0.288. The molecule has 21 heavy (non-hydrogen) atoms. The summed E-state index contributed by atoms with van der Waals surface area (Å²) < 4.78 is 27.6. The number of halogens is 3. The Labute approximate surface area is 132 Å². The number of anilines is 2. The molecular formula is C15H9BrF2N2S. The third kappa shape index (κ3) is 3.28. The Kier molecular flexibility index (Phi) is 3.98. The van der Waals surface area contributed by atoms with Crippen LogP contribution >= 0.6 is 27.3 Å². The molecule has 0 saturated carbocycles. The van der Waals surface area contributed by atoms with Crippen molar-refractivity contribution in [3.8, 4) is 11.3 Å². The molecular weight excluding hydrogens is 358 g/mol. The number of aromatic nitrogens is 1. The molecule has 0 radical (unpaired) electrons. The van der Waals surface area contributed by atoms with Crippen LogP contribution in [0, 0.1) is 11.6 Å². The molecule has 1 N–H and O–H groups in total. The molecule has 0 atom stereocenters. The Morgan fingerprint density at radius 3 is 2.52 bits per heavy atom. The topological polar surface area (TPSA) is 24.9 Å². The molecule has 2 nitrogen and oxygen atoms in total. The summed E-state index contributed by atoms with van der Waals surface area (Å²) in [7, 11) is 0. The van der Waals surface area contributed by atoms with E-state index in [1.165, 1.54) is 23.5 Å². The van der Waals surface area contributed by atoms with Crippen LogP contribution in [0.1, 0.15) is 0 Å². The van der Waals surface area contributed by atoms with Crippen molar-refractivity contribution in [3.05, 3.63) is 64.0 Å². The van der Waals surface area contributed by atoms with Crippen molar-refractivity contribution >= 4 is 38.1 Å². The normalized spacial score (nSPS) is 10.6. The van der Waals surface area contributed by atoms with Crippen LogP contribution in [-0.2, 0) is 0 Å². The third-order valence-electron chi connectivity index (χ3n) is 2.81. The van der Waals surface area contributed by atoms with Gasteiger partial charge in [0.15, 0.2) is 5.13 Å². The van der Waals surface area contributed by atoms with Crippen LogP contribution in [0.5, 0.6) is 0 Å². The number of thiazole rings is 1. The summed E-state index contributed by atoms with van der Waals surface area (Å²) in [6.45, 7) is 0. The van der Waals surface area contributed by atoms with E-state index in [-0.39, 0.29) is 5.56 Å². The minimum atomic E-state index is -0.615. The molecule has 0 fully saturated rings. The first kappa shape index (κ1) is 14.2. The maximum atomic E-state index is 13.7. The summed E-state index contributed by atoms with van der Waals surface area (Å²) in [5.41, 5.74) is 1.66. The molecule has 0 aliphatic rings. The van der Waals surface area contributed by atoms with Gasteiger partial charge in [-0.25, -0.2) is 13.8 Å². The molecule has 1 aromatic heterocycles. The molecule has 0 bridgehead atoms.